The van der Waals surface area contributed by atoms with E-state index in [2.05, 4.69) is 5.32 Å². The minimum atomic E-state index is -0.504. The molecule has 0 saturated carbocycles. The molecule has 21 heavy (non-hydrogen) atoms. The summed E-state index contributed by atoms with van der Waals surface area (Å²) in [6.45, 7) is 0.854. The minimum Gasteiger partial charge on any atom is -0.358 e. The van der Waals surface area contributed by atoms with Crippen molar-refractivity contribution in [1.82, 2.24) is 10.2 Å². The molecule has 1 aliphatic heterocycles. The van der Waals surface area contributed by atoms with Crippen molar-refractivity contribution in [3.63, 3.8) is 0 Å². The Kier molecular flexibility index (Phi) is 4.64. The summed E-state index contributed by atoms with van der Waals surface area (Å²) >= 11 is 0. The maximum atomic E-state index is 12.2. The second kappa shape index (κ2) is 6.45. The van der Waals surface area contributed by atoms with Crippen LogP contribution in [0.3, 0.4) is 0 Å². The molecule has 1 aromatic carbocycles. The number of likely N-dealkylation sites (N-methyl/N-ethyl adjacent to an activating group) is 1. The first kappa shape index (κ1) is 15.1. The number of ketones is 1. The summed E-state index contributed by atoms with van der Waals surface area (Å²) in [4.78, 5) is 35.8. The fourth-order valence-corrected chi connectivity index (χ4v) is 2.52. The molecule has 0 bridgehead atoms. The molecule has 1 heterocycles. The fourth-order valence-electron chi connectivity index (χ4n) is 2.52. The Balaban J connectivity index is 2.03. The molecule has 1 unspecified atom stereocenters. The van der Waals surface area contributed by atoms with Gasteiger partial charge in [-0.1, -0.05) is 0 Å². The number of Topliss-reactive ketones (excluding diaryl/α,β-unsaturated/α-hetero) is 1. The van der Waals surface area contributed by atoms with Crippen LogP contribution in [-0.2, 0) is 4.79 Å². The first-order chi connectivity index (χ1) is 10.0. The molecule has 1 saturated heterocycles. The van der Waals surface area contributed by atoms with E-state index in [0.717, 1.165) is 12.8 Å². The van der Waals surface area contributed by atoms with Crippen molar-refractivity contribution < 1.29 is 14.5 Å². The summed E-state index contributed by atoms with van der Waals surface area (Å²) in [6.07, 6.45) is 1.62. The molecule has 1 atom stereocenters. The molecule has 0 spiro atoms. The predicted octanol–water partition coefficient (Wildman–Crippen LogP) is 0.988. The molecular formula is C14H17N3O4. The Hall–Kier alpha value is -2.28. The summed E-state index contributed by atoms with van der Waals surface area (Å²) in [5, 5.41) is 13.2. The van der Waals surface area contributed by atoms with Crippen LogP contribution in [0.1, 0.15) is 23.2 Å². The SMILES string of the molecule is CNC(=O)C1CCCN1CC(=O)c1ccc([N+](=O)[O-])cc1. The first-order valence-electron chi connectivity index (χ1n) is 6.76. The van der Waals surface area contributed by atoms with Crippen LogP contribution in [0.5, 0.6) is 0 Å². The van der Waals surface area contributed by atoms with Gasteiger partial charge in [-0.05, 0) is 31.5 Å². The van der Waals surface area contributed by atoms with Crippen LogP contribution < -0.4 is 5.32 Å². The molecule has 1 aromatic rings. The lowest BCUT2D eigenvalue weighted by Crippen LogP contribution is -2.43. The summed E-state index contributed by atoms with van der Waals surface area (Å²) in [6, 6.07) is 5.26. The van der Waals surface area contributed by atoms with Crippen molar-refractivity contribution in [3.8, 4) is 0 Å². The number of nitro benzene ring substituents is 1. The largest absolute Gasteiger partial charge is 0.358 e. The Morgan fingerprint density at radius 3 is 2.62 bits per heavy atom. The van der Waals surface area contributed by atoms with Crippen molar-refractivity contribution in [2.75, 3.05) is 20.1 Å². The lowest BCUT2D eigenvalue weighted by molar-refractivity contribution is -0.384. The van der Waals surface area contributed by atoms with Crippen molar-refractivity contribution >= 4 is 17.4 Å². The predicted molar refractivity (Wildman–Crippen MR) is 76.1 cm³/mol. The van der Waals surface area contributed by atoms with Gasteiger partial charge in [-0.2, -0.15) is 0 Å². The zero-order valence-electron chi connectivity index (χ0n) is 11.7. The Morgan fingerprint density at radius 2 is 2.05 bits per heavy atom. The van der Waals surface area contributed by atoms with Crippen LogP contribution in [0.2, 0.25) is 0 Å². The highest BCUT2D eigenvalue weighted by atomic mass is 16.6. The average Bonchev–Trinajstić information content (AvgIpc) is 2.94. The number of hydrogen-bond acceptors (Lipinski definition) is 5. The summed E-state index contributed by atoms with van der Waals surface area (Å²) in [5.74, 6) is -0.218. The number of non-ortho nitro benzene ring substituents is 1. The maximum absolute atomic E-state index is 12.2. The van der Waals surface area contributed by atoms with E-state index in [4.69, 9.17) is 0 Å². The molecule has 1 amide bonds. The lowest BCUT2D eigenvalue weighted by atomic mass is 10.1. The molecule has 112 valence electrons. The minimum absolute atomic E-state index is 0.0454. The van der Waals surface area contributed by atoms with Crippen molar-refractivity contribution in [3.05, 3.63) is 39.9 Å². The van der Waals surface area contributed by atoms with Crippen LogP contribution in [0.4, 0.5) is 5.69 Å². The van der Waals surface area contributed by atoms with E-state index in [1.807, 2.05) is 4.90 Å². The van der Waals surface area contributed by atoms with E-state index in [1.54, 1.807) is 7.05 Å². The molecule has 1 fully saturated rings. The van der Waals surface area contributed by atoms with Crippen molar-refractivity contribution in [2.45, 2.75) is 18.9 Å². The number of benzene rings is 1. The third kappa shape index (κ3) is 3.43. The van der Waals surface area contributed by atoms with Gasteiger partial charge >= 0.3 is 0 Å². The number of nitro groups is 1. The van der Waals surface area contributed by atoms with E-state index in [9.17, 15) is 19.7 Å². The maximum Gasteiger partial charge on any atom is 0.269 e. The standard InChI is InChI=1S/C14H17N3O4/c1-15-14(19)12-3-2-8-16(12)9-13(18)10-4-6-11(7-5-10)17(20)21/h4-7,12H,2-3,8-9H2,1H3,(H,15,19). The van der Waals surface area contributed by atoms with Gasteiger partial charge in [-0.15, -0.1) is 0 Å². The smallest absolute Gasteiger partial charge is 0.269 e. The van der Waals surface area contributed by atoms with Gasteiger partial charge in [0.1, 0.15) is 0 Å². The number of amides is 1. The average molecular weight is 291 g/mol. The quantitative estimate of drug-likeness (QED) is 0.496. The topological polar surface area (TPSA) is 92.6 Å². The van der Waals surface area contributed by atoms with E-state index in [-0.39, 0.29) is 30.0 Å². The van der Waals surface area contributed by atoms with Gasteiger partial charge < -0.3 is 5.32 Å². The van der Waals surface area contributed by atoms with Gasteiger partial charge in [0.15, 0.2) is 5.78 Å². The number of carbonyl (C=O) groups excluding carboxylic acids is 2. The second-order valence-corrected chi connectivity index (χ2v) is 4.97. The van der Waals surface area contributed by atoms with Crippen LogP contribution in [0, 0.1) is 10.1 Å². The van der Waals surface area contributed by atoms with Crippen molar-refractivity contribution in [2.24, 2.45) is 0 Å². The van der Waals surface area contributed by atoms with E-state index in [0.29, 0.717) is 12.1 Å². The Morgan fingerprint density at radius 1 is 1.38 bits per heavy atom. The van der Waals surface area contributed by atoms with E-state index >= 15 is 0 Å². The lowest BCUT2D eigenvalue weighted by Gasteiger charge is -2.22. The molecule has 7 nitrogen and oxygen atoms in total. The third-order valence-corrected chi connectivity index (χ3v) is 3.66. The molecule has 0 aromatic heterocycles. The fraction of sp³-hybridized carbons (Fsp3) is 0.429. The van der Waals surface area contributed by atoms with Crippen LogP contribution in [0.15, 0.2) is 24.3 Å². The van der Waals surface area contributed by atoms with Crippen LogP contribution >= 0.6 is 0 Å². The monoisotopic (exact) mass is 291 g/mol. The third-order valence-electron chi connectivity index (χ3n) is 3.66. The highest BCUT2D eigenvalue weighted by Crippen LogP contribution is 2.19. The van der Waals surface area contributed by atoms with Gasteiger partial charge in [0.25, 0.3) is 5.69 Å². The number of rotatable bonds is 5. The zero-order chi connectivity index (χ0) is 15.4. The molecular weight excluding hydrogens is 274 g/mol. The first-order valence-corrected chi connectivity index (χ1v) is 6.76. The van der Waals surface area contributed by atoms with Gasteiger partial charge in [-0.3, -0.25) is 24.6 Å². The normalized spacial score (nSPS) is 18.4. The Bertz CT molecular complexity index is 556. The number of nitrogens with zero attached hydrogens (tertiary/aromatic N) is 2. The number of hydrogen-bond donors (Lipinski definition) is 1. The highest BCUT2D eigenvalue weighted by Gasteiger charge is 2.31. The van der Waals surface area contributed by atoms with Gasteiger partial charge in [0.2, 0.25) is 5.91 Å². The van der Waals surface area contributed by atoms with Gasteiger partial charge in [-0.25, -0.2) is 0 Å². The van der Waals surface area contributed by atoms with Crippen LogP contribution in [0.25, 0.3) is 0 Å². The summed E-state index contributed by atoms with van der Waals surface area (Å²) < 4.78 is 0. The molecule has 7 heteroatoms. The number of nitrogens with one attached hydrogen (secondary N) is 1. The molecule has 1 aliphatic rings. The highest BCUT2D eigenvalue weighted by molar-refractivity contribution is 5.98. The van der Waals surface area contributed by atoms with Crippen LogP contribution in [-0.4, -0.2) is 47.7 Å². The van der Waals surface area contributed by atoms with Gasteiger partial charge in [0.05, 0.1) is 17.5 Å². The van der Waals surface area contributed by atoms with Gasteiger partial charge in [0, 0.05) is 24.7 Å². The molecule has 2 rings (SSSR count). The zero-order valence-corrected chi connectivity index (χ0v) is 11.7. The molecule has 0 radical (unpaired) electrons. The Labute approximate surface area is 122 Å². The second-order valence-electron chi connectivity index (χ2n) is 4.97. The summed E-state index contributed by atoms with van der Waals surface area (Å²) in [5.41, 5.74) is 0.374. The van der Waals surface area contributed by atoms with E-state index < -0.39 is 4.92 Å². The molecule has 1 N–H and O–H groups in total. The number of carbonyl (C=O) groups is 2. The van der Waals surface area contributed by atoms with Crippen molar-refractivity contribution in [1.29, 1.82) is 0 Å². The summed E-state index contributed by atoms with van der Waals surface area (Å²) in [7, 11) is 1.58. The molecule has 0 aliphatic carbocycles. The van der Waals surface area contributed by atoms with E-state index in [1.165, 1.54) is 24.3 Å². The number of likely N-dealkylation sites (tertiary alicyclic amines) is 1.